The van der Waals surface area contributed by atoms with Gasteiger partial charge in [-0.15, -0.1) is 0 Å². The van der Waals surface area contributed by atoms with Crippen LogP contribution < -0.4 is 10.1 Å². The molecule has 18 heavy (non-hydrogen) atoms. The van der Waals surface area contributed by atoms with Gasteiger partial charge in [0.2, 0.25) is 5.91 Å². The first-order valence-electron chi connectivity index (χ1n) is 5.85. The molecule has 0 aliphatic heterocycles. The molecule has 0 bridgehead atoms. The van der Waals surface area contributed by atoms with Gasteiger partial charge in [-0.25, -0.2) is 9.50 Å². The number of rotatable bonds is 4. The number of hydrogen-bond donors (Lipinski definition) is 1. The quantitative estimate of drug-likeness (QED) is 0.895. The van der Waals surface area contributed by atoms with Gasteiger partial charge in [-0.3, -0.25) is 4.79 Å². The van der Waals surface area contributed by atoms with E-state index in [2.05, 4.69) is 15.4 Å². The highest BCUT2D eigenvalue weighted by atomic mass is 16.5. The molecule has 0 saturated heterocycles. The van der Waals surface area contributed by atoms with Gasteiger partial charge in [0, 0.05) is 12.5 Å². The molecule has 0 unspecified atom stereocenters. The minimum absolute atomic E-state index is 0.0352. The van der Waals surface area contributed by atoms with Crippen LogP contribution in [-0.2, 0) is 4.79 Å². The summed E-state index contributed by atoms with van der Waals surface area (Å²) in [6, 6.07) is 1.75. The van der Waals surface area contributed by atoms with Crippen molar-refractivity contribution < 1.29 is 9.53 Å². The van der Waals surface area contributed by atoms with Crippen molar-refractivity contribution in [2.24, 2.45) is 0 Å². The number of pyridine rings is 1. The molecule has 0 spiro atoms. The molecule has 0 atom stereocenters. The summed E-state index contributed by atoms with van der Waals surface area (Å²) in [5, 5.41) is 7.01. The van der Waals surface area contributed by atoms with E-state index in [4.69, 9.17) is 4.74 Å². The predicted molar refractivity (Wildman–Crippen MR) is 67.8 cm³/mol. The highest BCUT2D eigenvalue weighted by molar-refractivity contribution is 5.92. The number of nitrogens with one attached hydrogen (secondary N) is 1. The number of aromatic nitrogens is 3. The van der Waals surface area contributed by atoms with Crippen LogP contribution in [0.2, 0.25) is 0 Å². The van der Waals surface area contributed by atoms with E-state index in [1.54, 1.807) is 23.9 Å². The number of carbonyl (C=O) groups is 1. The van der Waals surface area contributed by atoms with E-state index in [0.717, 1.165) is 6.42 Å². The van der Waals surface area contributed by atoms with Crippen molar-refractivity contribution in [3.8, 4) is 5.75 Å². The number of methoxy groups -OCH3 is 1. The molecule has 2 heterocycles. The average molecular weight is 248 g/mol. The first-order valence-corrected chi connectivity index (χ1v) is 5.85. The second kappa shape index (κ2) is 5.03. The van der Waals surface area contributed by atoms with Crippen molar-refractivity contribution in [1.82, 2.24) is 14.6 Å². The minimum atomic E-state index is -0.0352. The Balaban J connectivity index is 2.38. The van der Waals surface area contributed by atoms with Crippen LogP contribution in [0.5, 0.6) is 5.75 Å². The van der Waals surface area contributed by atoms with Gasteiger partial charge in [-0.05, 0) is 13.3 Å². The fourth-order valence-electron chi connectivity index (χ4n) is 1.72. The van der Waals surface area contributed by atoms with Crippen LogP contribution in [0, 0.1) is 6.92 Å². The first kappa shape index (κ1) is 12.3. The summed E-state index contributed by atoms with van der Waals surface area (Å²) >= 11 is 0. The molecule has 0 aliphatic rings. The van der Waals surface area contributed by atoms with Crippen LogP contribution in [0.1, 0.15) is 25.6 Å². The molecule has 96 valence electrons. The van der Waals surface area contributed by atoms with Gasteiger partial charge >= 0.3 is 0 Å². The van der Waals surface area contributed by atoms with Crippen molar-refractivity contribution in [1.29, 1.82) is 0 Å². The molecule has 0 aromatic carbocycles. The van der Waals surface area contributed by atoms with Crippen LogP contribution >= 0.6 is 0 Å². The largest absolute Gasteiger partial charge is 0.494 e. The number of anilines is 1. The summed E-state index contributed by atoms with van der Waals surface area (Å²) in [7, 11) is 1.56. The Morgan fingerprint density at radius 2 is 2.33 bits per heavy atom. The minimum Gasteiger partial charge on any atom is -0.494 e. The molecular formula is C12H16N4O2. The first-order chi connectivity index (χ1) is 8.63. The van der Waals surface area contributed by atoms with Crippen LogP contribution in [-0.4, -0.2) is 27.6 Å². The van der Waals surface area contributed by atoms with Crippen molar-refractivity contribution in [3.05, 3.63) is 18.1 Å². The molecule has 0 saturated carbocycles. The van der Waals surface area contributed by atoms with Crippen molar-refractivity contribution in [2.45, 2.75) is 26.7 Å². The van der Waals surface area contributed by atoms with E-state index < -0.39 is 0 Å². The molecule has 2 rings (SSSR count). The summed E-state index contributed by atoms with van der Waals surface area (Å²) in [6.07, 6.45) is 3.00. The molecule has 0 fully saturated rings. The second-order valence-electron chi connectivity index (χ2n) is 4.02. The number of hydrogen-bond acceptors (Lipinski definition) is 4. The van der Waals surface area contributed by atoms with E-state index in [1.807, 2.05) is 13.8 Å². The Kier molecular flexibility index (Phi) is 3.45. The Labute approximate surface area is 105 Å². The van der Waals surface area contributed by atoms with Gasteiger partial charge in [-0.2, -0.15) is 5.10 Å². The number of ether oxygens (including phenoxy) is 1. The van der Waals surface area contributed by atoms with Gasteiger partial charge in [0.05, 0.1) is 13.3 Å². The maximum atomic E-state index is 11.6. The van der Waals surface area contributed by atoms with Crippen LogP contribution in [0.15, 0.2) is 12.3 Å². The van der Waals surface area contributed by atoms with Gasteiger partial charge in [0.25, 0.3) is 0 Å². The summed E-state index contributed by atoms with van der Waals surface area (Å²) in [4.78, 5) is 15.8. The van der Waals surface area contributed by atoms with Gasteiger partial charge in [0.15, 0.2) is 5.65 Å². The number of carbonyl (C=O) groups excluding carboxylic acids is 1. The highest BCUT2D eigenvalue weighted by Crippen LogP contribution is 2.25. The molecule has 6 nitrogen and oxygen atoms in total. The SMILES string of the molecule is CCCC(=O)Nc1cn2nc(C)nc2cc1OC. The molecular weight excluding hydrogens is 232 g/mol. The number of amides is 1. The maximum absolute atomic E-state index is 11.6. The van der Waals surface area contributed by atoms with E-state index in [9.17, 15) is 4.79 Å². The molecule has 2 aromatic rings. The van der Waals surface area contributed by atoms with Crippen LogP contribution in [0.3, 0.4) is 0 Å². The lowest BCUT2D eigenvalue weighted by molar-refractivity contribution is -0.116. The lowest BCUT2D eigenvalue weighted by Gasteiger charge is -2.09. The molecule has 6 heteroatoms. The smallest absolute Gasteiger partial charge is 0.224 e. The topological polar surface area (TPSA) is 68.5 Å². The van der Waals surface area contributed by atoms with Crippen molar-refractivity contribution in [3.63, 3.8) is 0 Å². The van der Waals surface area contributed by atoms with Gasteiger partial charge < -0.3 is 10.1 Å². The fourth-order valence-corrected chi connectivity index (χ4v) is 1.72. The number of fused-ring (bicyclic) bond motifs is 1. The van der Waals surface area contributed by atoms with E-state index in [1.165, 1.54) is 0 Å². The third kappa shape index (κ3) is 2.42. The maximum Gasteiger partial charge on any atom is 0.224 e. The zero-order valence-corrected chi connectivity index (χ0v) is 10.7. The Morgan fingerprint density at radius 1 is 1.56 bits per heavy atom. The average Bonchev–Trinajstić information content (AvgIpc) is 2.67. The Morgan fingerprint density at radius 3 is 3.00 bits per heavy atom. The van der Waals surface area contributed by atoms with Crippen molar-refractivity contribution in [2.75, 3.05) is 12.4 Å². The third-order valence-corrected chi connectivity index (χ3v) is 2.51. The molecule has 0 radical (unpaired) electrons. The van der Waals surface area contributed by atoms with E-state index in [0.29, 0.717) is 29.3 Å². The predicted octanol–water partition coefficient (Wildman–Crippen LogP) is 1.78. The van der Waals surface area contributed by atoms with Crippen LogP contribution in [0.25, 0.3) is 5.65 Å². The zero-order chi connectivity index (χ0) is 13.1. The standard InChI is InChI=1S/C12H16N4O2/c1-4-5-12(17)14-9-7-16-11(6-10(9)18-3)13-8(2)15-16/h6-7H,4-5H2,1-3H3,(H,14,17). The summed E-state index contributed by atoms with van der Waals surface area (Å²) in [5.41, 5.74) is 1.30. The third-order valence-electron chi connectivity index (χ3n) is 2.51. The number of nitrogens with zero attached hydrogens (tertiary/aromatic N) is 3. The number of aryl methyl sites for hydroxylation is 1. The molecule has 0 aliphatic carbocycles. The molecule has 1 amide bonds. The summed E-state index contributed by atoms with van der Waals surface area (Å²) < 4.78 is 6.87. The Hall–Kier alpha value is -2.11. The normalized spacial score (nSPS) is 10.6. The van der Waals surface area contributed by atoms with Crippen molar-refractivity contribution >= 4 is 17.2 Å². The highest BCUT2D eigenvalue weighted by Gasteiger charge is 2.10. The van der Waals surface area contributed by atoms with Crippen LogP contribution in [0.4, 0.5) is 5.69 Å². The molecule has 2 aromatic heterocycles. The van der Waals surface area contributed by atoms with E-state index in [-0.39, 0.29) is 5.91 Å². The zero-order valence-electron chi connectivity index (χ0n) is 10.7. The monoisotopic (exact) mass is 248 g/mol. The Bertz CT molecular complexity index is 577. The fraction of sp³-hybridized carbons (Fsp3) is 0.417. The summed E-state index contributed by atoms with van der Waals surface area (Å²) in [6.45, 7) is 3.77. The second-order valence-corrected chi connectivity index (χ2v) is 4.02. The lowest BCUT2D eigenvalue weighted by Crippen LogP contribution is -2.12. The van der Waals surface area contributed by atoms with Gasteiger partial charge in [0.1, 0.15) is 17.3 Å². The molecule has 1 N–H and O–H groups in total. The lowest BCUT2D eigenvalue weighted by atomic mass is 10.3. The summed E-state index contributed by atoms with van der Waals surface area (Å²) in [5.74, 6) is 1.22. The van der Waals surface area contributed by atoms with Gasteiger partial charge in [-0.1, -0.05) is 6.92 Å². The van der Waals surface area contributed by atoms with E-state index >= 15 is 0 Å².